The van der Waals surface area contributed by atoms with Gasteiger partial charge in [-0.05, 0) is 32.6 Å². The van der Waals surface area contributed by atoms with Crippen molar-refractivity contribution in [2.45, 2.75) is 52.0 Å². The summed E-state index contributed by atoms with van der Waals surface area (Å²) >= 11 is 0. The van der Waals surface area contributed by atoms with E-state index >= 15 is 0 Å². The minimum Gasteiger partial charge on any atom is -0.394 e. The van der Waals surface area contributed by atoms with Gasteiger partial charge < -0.3 is 10.2 Å². The van der Waals surface area contributed by atoms with Crippen molar-refractivity contribution in [3.63, 3.8) is 0 Å². The fourth-order valence-corrected chi connectivity index (χ4v) is 1.96. The standard InChI is InChI=1S/C13H22N2O/c1-3-7-12(2)15-16-11-10-14-13-8-5-4-6-9-13/h13-14H,4-6,8-11H2,1-2H3/b15-12-. The van der Waals surface area contributed by atoms with Crippen molar-refractivity contribution < 1.29 is 4.84 Å². The number of oxime groups is 1. The highest BCUT2D eigenvalue weighted by Crippen LogP contribution is 2.16. The fourth-order valence-electron chi connectivity index (χ4n) is 1.96. The van der Waals surface area contributed by atoms with E-state index in [-0.39, 0.29) is 0 Å². The Morgan fingerprint density at radius 3 is 2.81 bits per heavy atom. The van der Waals surface area contributed by atoms with E-state index in [0.29, 0.717) is 12.6 Å². The van der Waals surface area contributed by atoms with Gasteiger partial charge in [0.25, 0.3) is 0 Å². The first-order valence-corrected chi connectivity index (χ1v) is 6.15. The lowest BCUT2D eigenvalue weighted by molar-refractivity contribution is 0.142. The average molecular weight is 222 g/mol. The van der Waals surface area contributed by atoms with Gasteiger partial charge in [0.15, 0.2) is 0 Å². The van der Waals surface area contributed by atoms with Crippen molar-refractivity contribution in [1.82, 2.24) is 5.32 Å². The van der Waals surface area contributed by atoms with Crippen molar-refractivity contribution in [1.29, 1.82) is 0 Å². The molecule has 1 N–H and O–H groups in total. The maximum atomic E-state index is 5.16. The highest BCUT2D eigenvalue weighted by molar-refractivity contribution is 5.97. The van der Waals surface area contributed by atoms with Gasteiger partial charge in [0.05, 0.1) is 0 Å². The van der Waals surface area contributed by atoms with Crippen molar-refractivity contribution in [2.75, 3.05) is 13.2 Å². The summed E-state index contributed by atoms with van der Waals surface area (Å²) in [6, 6.07) is 0.692. The molecule has 0 spiro atoms. The number of hydrogen-bond acceptors (Lipinski definition) is 3. The zero-order valence-electron chi connectivity index (χ0n) is 10.4. The smallest absolute Gasteiger partial charge is 0.129 e. The summed E-state index contributed by atoms with van der Waals surface area (Å²) in [6.07, 6.45) is 6.74. The van der Waals surface area contributed by atoms with Crippen molar-refractivity contribution in [3.8, 4) is 11.8 Å². The fraction of sp³-hybridized carbons (Fsp3) is 0.769. The summed E-state index contributed by atoms with van der Waals surface area (Å²) in [7, 11) is 0. The molecule has 90 valence electrons. The molecular formula is C13H22N2O. The maximum Gasteiger partial charge on any atom is 0.129 e. The van der Waals surface area contributed by atoms with Crippen LogP contribution in [0.2, 0.25) is 0 Å². The Balaban J connectivity index is 2.02. The summed E-state index contributed by atoms with van der Waals surface area (Å²) in [5, 5.41) is 7.40. The largest absolute Gasteiger partial charge is 0.394 e. The van der Waals surface area contributed by atoms with E-state index in [9.17, 15) is 0 Å². The Hall–Kier alpha value is -1.01. The molecule has 3 nitrogen and oxygen atoms in total. The molecule has 1 saturated carbocycles. The number of nitrogens with one attached hydrogen (secondary N) is 1. The molecule has 0 aliphatic heterocycles. The molecule has 0 saturated heterocycles. The topological polar surface area (TPSA) is 33.6 Å². The highest BCUT2D eigenvalue weighted by atomic mass is 16.6. The van der Waals surface area contributed by atoms with Gasteiger partial charge in [0.1, 0.15) is 12.3 Å². The molecule has 0 unspecified atom stereocenters. The van der Waals surface area contributed by atoms with Gasteiger partial charge in [-0.25, -0.2) is 0 Å². The van der Waals surface area contributed by atoms with Crippen LogP contribution in [-0.4, -0.2) is 24.9 Å². The van der Waals surface area contributed by atoms with Crippen LogP contribution >= 0.6 is 0 Å². The molecule has 0 aromatic carbocycles. The molecule has 16 heavy (non-hydrogen) atoms. The van der Waals surface area contributed by atoms with Crippen LogP contribution in [-0.2, 0) is 4.84 Å². The number of nitrogens with zero attached hydrogens (tertiary/aromatic N) is 1. The van der Waals surface area contributed by atoms with E-state index in [1.54, 1.807) is 6.92 Å². The summed E-state index contributed by atoms with van der Waals surface area (Å²) in [5.74, 6) is 5.62. The minimum absolute atomic E-state index is 0.624. The quantitative estimate of drug-likeness (QED) is 0.335. The van der Waals surface area contributed by atoms with Gasteiger partial charge in [0, 0.05) is 12.6 Å². The second-order valence-corrected chi connectivity index (χ2v) is 4.17. The number of hydrogen-bond donors (Lipinski definition) is 1. The van der Waals surface area contributed by atoms with E-state index < -0.39 is 0 Å². The monoisotopic (exact) mass is 222 g/mol. The predicted octanol–water partition coefficient (Wildman–Crippen LogP) is 2.32. The van der Waals surface area contributed by atoms with Crippen LogP contribution in [0.3, 0.4) is 0 Å². The van der Waals surface area contributed by atoms with Crippen molar-refractivity contribution in [2.24, 2.45) is 5.16 Å². The van der Waals surface area contributed by atoms with Gasteiger partial charge in [-0.1, -0.05) is 30.3 Å². The molecule has 0 radical (unpaired) electrons. The summed E-state index contributed by atoms with van der Waals surface area (Å²) in [5.41, 5.74) is 0.736. The van der Waals surface area contributed by atoms with E-state index in [4.69, 9.17) is 4.84 Å². The molecule has 1 aliphatic carbocycles. The number of rotatable bonds is 5. The Kier molecular flexibility index (Phi) is 6.67. The third kappa shape index (κ3) is 5.77. The van der Waals surface area contributed by atoms with Crippen LogP contribution in [0.5, 0.6) is 0 Å². The van der Waals surface area contributed by atoms with Gasteiger partial charge in [0.2, 0.25) is 0 Å². The Morgan fingerprint density at radius 1 is 1.38 bits per heavy atom. The molecule has 0 aromatic rings. The highest BCUT2D eigenvalue weighted by Gasteiger charge is 2.11. The normalized spacial score (nSPS) is 17.8. The van der Waals surface area contributed by atoms with Gasteiger partial charge in [-0.15, -0.1) is 0 Å². The first-order chi connectivity index (χ1) is 7.83. The van der Waals surface area contributed by atoms with Gasteiger partial charge in [-0.3, -0.25) is 0 Å². The first-order valence-electron chi connectivity index (χ1n) is 6.15. The van der Waals surface area contributed by atoms with Crippen LogP contribution in [0, 0.1) is 11.8 Å². The van der Waals surface area contributed by atoms with E-state index in [1.165, 1.54) is 32.1 Å². The third-order valence-electron chi connectivity index (χ3n) is 2.74. The maximum absolute atomic E-state index is 5.16. The summed E-state index contributed by atoms with van der Waals surface area (Å²) in [4.78, 5) is 5.16. The molecular weight excluding hydrogens is 200 g/mol. The summed E-state index contributed by atoms with van der Waals surface area (Å²) < 4.78 is 0. The molecule has 0 bridgehead atoms. The van der Waals surface area contributed by atoms with E-state index in [2.05, 4.69) is 22.3 Å². The molecule has 3 heteroatoms. The third-order valence-corrected chi connectivity index (χ3v) is 2.74. The zero-order chi connectivity index (χ0) is 11.6. The second kappa shape index (κ2) is 8.18. The molecule has 0 aromatic heterocycles. The van der Waals surface area contributed by atoms with Crippen LogP contribution in [0.1, 0.15) is 46.0 Å². The Bertz CT molecular complexity index is 269. The van der Waals surface area contributed by atoms with Crippen LogP contribution in [0.15, 0.2) is 5.16 Å². The molecule has 1 aliphatic rings. The van der Waals surface area contributed by atoms with Crippen LogP contribution < -0.4 is 5.32 Å². The SMILES string of the molecule is CC#C/C(C)=N\OCCNC1CCCCC1. The predicted molar refractivity (Wildman–Crippen MR) is 67.4 cm³/mol. The lowest BCUT2D eigenvalue weighted by Crippen LogP contribution is -2.33. The first kappa shape index (κ1) is 13.1. The van der Waals surface area contributed by atoms with E-state index in [1.807, 2.05) is 6.92 Å². The zero-order valence-corrected chi connectivity index (χ0v) is 10.4. The molecule has 0 heterocycles. The van der Waals surface area contributed by atoms with Crippen LogP contribution in [0.4, 0.5) is 0 Å². The molecule has 1 fully saturated rings. The molecule has 1 rings (SSSR count). The minimum atomic E-state index is 0.624. The van der Waals surface area contributed by atoms with Crippen molar-refractivity contribution in [3.05, 3.63) is 0 Å². The van der Waals surface area contributed by atoms with Crippen LogP contribution in [0.25, 0.3) is 0 Å². The van der Waals surface area contributed by atoms with E-state index in [0.717, 1.165) is 12.3 Å². The van der Waals surface area contributed by atoms with Gasteiger partial charge in [-0.2, -0.15) is 0 Å². The Labute approximate surface area is 98.6 Å². The molecule has 0 atom stereocenters. The Morgan fingerprint density at radius 2 is 2.12 bits per heavy atom. The summed E-state index contributed by atoms with van der Waals surface area (Å²) in [6.45, 7) is 5.15. The molecule has 0 amide bonds. The lowest BCUT2D eigenvalue weighted by atomic mass is 9.96. The van der Waals surface area contributed by atoms with Crippen molar-refractivity contribution >= 4 is 5.71 Å². The second-order valence-electron chi connectivity index (χ2n) is 4.17. The lowest BCUT2D eigenvalue weighted by Gasteiger charge is -2.22. The average Bonchev–Trinajstić information content (AvgIpc) is 2.30. The van der Waals surface area contributed by atoms with Gasteiger partial charge >= 0.3 is 0 Å².